The van der Waals surface area contributed by atoms with Gasteiger partial charge in [-0.25, -0.2) is 9.18 Å². The Labute approximate surface area is 239 Å². The molecular formula is C29H36FN5O4S. The van der Waals surface area contributed by atoms with Crippen LogP contribution >= 0.6 is 12.2 Å². The molecule has 4 rings (SSSR count). The molecule has 2 aromatic rings. The Bertz CT molecular complexity index is 1270. The molecule has 2 amide bonds. The van der Waals surface area contributed by atoms with E-state index >= 15 is 4.39 Å². The van der Waals surface area contributed by atoms with E-state index in [4.69, 9.17) is 22.7 Å². The molecule has 0 aromatic heterocycles. The lowest BCUT2D eigenvalue weighted by atomic mass is 10.0. The van der Waals surface area contributed by atoms with E-state index in [1.54, 1.807) is 29.2 Å². The summed E-state index contributed by atoms with van der Waals surface area (Å²) in [6, 6.07) is 11.8. The fourth-order valence-electron chi connectivity index (χ4n) is 4.86. The predicted octanol–water partition coefficient (Wildman–Crippen LogP) is 3.64. The molecular weight excluding hydrogens is 533 g/mol. The number of amides is 2. The number of nitrogens with one attached hydrogen (secondary N) is 1. The molecule has 9 nitrogen and oxygen atoms in total. The Morgan fingerprint density at radius 2 is 1.80 bits per heavy atom. The Hall–Kier alpha value is -3.57. The second-order valence-corrected chi connectivity index (χ2v) is 10.9. The number of nitrogens with zero attached hydrogens (tertiary/aromatic N) is 3. The average Bonchev–Trinajstić information content (AvgIpc) is 3.28. The molecule has 40 heavy (non-hydrogen) atoms. The molecule has 0 aliphatic carbocycles. The SMILES string of the molecule is CCC(=S)NC[C@@]1(C)CN(c2ccc(N3CCN(C(=O)CCC(=O)c4ccc(CN)cc4)CC3)c(F)c2)C(=O)O1. The van der Waals surface area contributed by atoms with Gasteiger partial charge >= 0.3 is 6.09 Å². The third kappa shape index (κ3) is 6.95. The van der Waals surface area contributed by atoms with Gasteiger partial charge in [0.25, 0.3) is 0 Å². The third-order valence-electron chi connectivity index (χ3n) is 7.32. The van der Waals surface area contributed by atoms with E-state index < -0.39 is 17.5 Å². The van der Waals surface area contributed by atoms with Gasteiger partial charge in [-0.05, 0) is 37.1 Å². The lowest BCUT2D eigenvalue weighted by Crippen LogP contribution is -2.49. The van der Waals surface area contributed by atoms with Crippen molar-refractivity contribution in [2.45, 2.75) is 45.3 Å². The van der Waals surface area contributed by atoms with Crippen molar-refractivity contribution in [3.8, 4) is 0 Å². The van der Waals surface area contributed by atoms with E-state index in [1.165, 1.54) is 11.0 Å². The predicted molar refractivity (Wildman–Crippen MR) is 156 cm³/mol. The summed E-state index contributed by atoms with van der Waals surface area (Å²) in [5.74, 6) is -0.622. The van der Waals surface area contributed by atoms with Gasteiger partial charge in [0.15, 0.2) is 5.78 Å². The minimum atomic E-state index is -0.784. The van der Waals surface area contributed by atoms with Crippen LogP contribution < -0.4 is 20.9 Å². The summed E-state index contributed by atoms with van der Waals surface area (Å²) >= 11 is 5.20. The number of anilines is 2. The van der Waals surface area contributed by atoms with Crippen molar-refractivity contribution in [3.63, 3.8) is 0 Å². The molecule has 214 valence electrons. The Morgan fingerprint density at radius 3 is 2.42 bits per heavy atom. The molecule has 0 bridgehead atoms. The lowest BCUT2D eigenvalue weighted by Gasteiger charge is -2.36. The first-order chi connectivity index (χ1) is 19.1. The Balaban J connectivity index is 1.28. The van der Waals surface area contributed by atoms with Crippen molar-refractivity contribution >= 4 is 46.4 Å². The van der Waals surface area contributed by atoms with Crippen LogP contribution in [0.5, 0.6) is 0 Å². The van der Waals surface area contributed by atoms with Gasteiger partial charge in [-0.15, -0.1) is 0 Å². The van der Waals surface area contributed by atoms with Gasteiger partial charge in [0.1, 0.15) is 11.4 Å². The summed E-state index contributed by atoms with van der Waals surface area (Å²) in [5, 5.41) is 3.11. The zero-order chi connectivity index (χ0) is 28.9. The van der Waals surface area contributed by atoms with E-state index in [2.05, 4.69) is 5.32 Å². The van der Waals surface area contributed by atoms with Crippen LogP contribution in [0.1, 0.15) is 49.0 Å². The fraction of sp³-hybridized carbons (Fsp3) is 0.448. The van der Waals surface area contributed by atoms with Crippen LogP contribution in [0.25, 0.3) is 0 Å². The van der Waals surface area contributed by atoms with E-state index in [1.807, 2.05) is 30.9 Å². The van der Waals surface area contributed by atoms with Gasteiger partial charge < -0.3 is 25.6 Å². The van der Waals surface area contributed by atoms with E-state index in [0.29, 0.717) is 67.6 Å². The number of thiocarbonyl (C=S) groups is 1. The second-order valence-electron chi connectivity index (χ2n) is 10.4. The first-order valence-electron chi connectivity index (χ1n) is 13.5. The Kier molecular flexibility index (Phi) is 9.36. The van der Waals surface area contributed by atoms with Crippen molar-refractivity contribution in [3.05, 3.63) is 59.4 Å². The van der Waals surface area contributed by atoms with Crippen molar-refractivity contribution in [1.82, 2.24) is 10.2 Å². The van der Waals surface area contributed by atoms with E-state index in [-0.39, 0.29) is 31.1 Å². The minimum Gasteiger partial charge on any atom is -0.439 e. The maximum Gasteiger partial charge on any atom is 0.415 e. The summed E-state index contributed by atoms with van der Waals surface area (Å²) in [4.78, 5) is 43.5. The lowest BCUT2D eigenvalue weighted by molar-refractivity contribution is -0.131. The van der Waals surface area contributed by atoms with Gasteiger partial charge in [0.2, 0.25) is 5.91 Å². The van der Waals surface area contributed by atoms with Crippen LogP contribution in [0.2, 0.25) is 0 Å². The number of ketones is 1. The number of ether oxygens (including phenoxy) is 1. The summed E-state index contributed by atoms with van der Waals surface area (Å²) in [5.41, 5.74) is 7.16. The molecule has 3 N–H and O–H groups in total. The summed E-state index contributed by atoms with van der Waals surface area (Å²) in [7, 11) is 0. The monoisotopic (exact) mass is 569 g/mol. The molecule has 2 heterocycles. The molecule has 2 saturated heterocycles. The smallest absolute Gasteiger partial charge is 0.415 e. The molecule has 2 aliphatic rings. The molecule has 0 saturated carbocycles. The first kappa shape index (κ1) is 29.4. The minimum absolute atomic E-state index is 0.0828. The van der Waals surface area contributed by atoms with E-state index in [9.17, 15) is 14.4 Å². The molecule has 2 aromatic carbocycles. The van der Waals surface area contributed by atoms with Crippen LogP contribution in [-0.2, 0) is 16.1 Å². The van der Waals surface area contributed by atoms with Gasteiger partial charge in [-0.1, -0.05) is 43.4 Å². The standard InChI is InChI=1S/C29H36FN5O4S/c1-3-26(40)32-18-29(2)19-35(28(38)39-29)22-8-9-24(23(30)16-22)33-12-14-34(15-13-33)27(37)11-10-25(36)21-6-4-20(17-31)5-7-21/h4-9,16H,3,10-15,17-19,31H2,1-2H3,(H,32,40)/t29-/m0/s1. The highest BCUT2D eigenvalue weighted by Crippen LogP contribution is 2.31. The number of halogens is 1. The number of Topliss-reactive ketones (excluding diaryl/α,β-unsaturated/α-hetero) is 1. The highest BCUT2D eigenvalue weighted by molar-refractivity contribution is 7.80. The molecule has 2 aliphatic heterocycles. The van der Waals surface area contributed by atoms with Gasteiger partial charge in [-0.2, -0.15) is 0 Å². The summed E-state index contributed by atoms with van der Waals surface area (Å²) in [6.45, 7) is 6.61. The number of piperazine rings is 1. The normalized spacial score (nSPS) is 19.0. The third-order valence-corrected chi connectivity index (χ3v) is 7.75. The number of cyclic esters (lactones) is 1. The number of hydrogen-bond donors (Lipinski definition) is 2. The highest BCUT2D eigenvalue weighted by atomic mass is 32.1. The van der Waals surface area contributed by atoms with Gasteiger partial charge in [0.05, 0.1) is 29.5 Å². The van der Waals surface area contributed by atoms with Crippen LogP contribution in [0.15, 0.2) is 42.5 Å². The molecule has 0 radical (unpaired) electrons. The number of carbonyl (C=O) groups excluding carboxylic acids is 3. The van der Waals surface area contributed by atoms with Crippen LogP contribution in [0.4, 0.5) is 20.6 Å². The fourth-order valence-corrected chi connectivity index (χ4v) is 4.94. The van der Waals surface area contributed by atoms with Crippen LogP contribution in [0.3, 0.4) is 0 Å². The maximum atomic E-state index is 15.2. The maximum absolute atomic E-state index is 15.2. The van der Waals surface area contributed by atoms with Crippen LogP contribution in [0, 0.1) is 5.82 Å². The zero-order valence-electron chi connectivity index (χ0n) is 23.0. The number of rotatable bonds is 10. The molecule has 11 heteroatoms. The highest BCUT2D eigenvalue weighted by Gasteiger charge is 2.42. The quantitative estimate of drug-likeness (QED) is 0.330. The number of nitrogens with two attached hydrogens (primary N) is 1. The van der Waals surface area contributed by atoms with Crippen molar-refractivity contribution in [2.24, 2.45) is 5.73 Å². The molecule has 0 unspecified atom stereocenters. The number of benzene rings is 2. The zero-order valence-corrected chi connectivity index (χ0v) is 23.8. The van der Waals surface area contributed by atoms with Crippen molar-refractivity contribution in [1.29, 1.82) is 0 Å². The van der Waals surface area contributed by atoms with Gasteiger partial charge in [0, 0.05) is 51.1 Å². The Morgan fingerprint density at radius 1 is 1.10 bits per heavy atom. The summed E-state index contributed by atoms with van der Waals surface area (Å²) in [6.07, 6.45) is 0.432. The molecule has 0 spiro atoms. The first-order valence-corrected chi connectivity index (χ1v) is 13.9. The van der Waals surface area contributed by atoms with Crippen molar-refractivity contribution in [2.75, 3.05) is 49.1 Å². The van der Waals surface area contributed by atoms with Crippen molar-refractivity contribution < 1.29 is 23.5 Å². The topological polar surface area (TPSA) is 108 Å². The van der Waals surface area contributed by atoms with Gasteiger partial charge in [-0.3, -0.25) is 14.5 Å². The molecule has 2 fully saturated rings. The average molecular weight is 570 g/mol. The number of carbonyl (C=O) groups is 3. The summed E-state index contributed by atoms with van der Waals surface area (Å²) < 4.78 is 20.8. The molecule has 1 atom stereocenters. The second kappa shape index (κ2) is 12.7. The van der Waals surface area contributed by atoms with Crippen LogP contribution in [-0.4, -0.2) is 72.5 Å². The van der Waals surface area contributed by atoms with E-state index in [0.717, 1.165) is 5.56 Å². The number of hydrogen-bond acceptors (Lipinski definition) is 7. The largest absolute Gasteiger partial charge is 0.439 e.